The van der Waals surface area contributed by atoms with Crippen LogP contribution in [0.3, 0.4) is 0 Å². The average Bonchev–Trinajstić information content (AvgIpc) is 2.73. The fourth-order valence-corrected chi connectivity index (χ4v) is 2.61. The second kappa shape index (κ2) is 9.36. The highest BCUT2D eigenvalue weighted by molar-refractivity contribution is 6.01. The quantitative estimate of drug-likeness (QED) is 0.587. The summed E-state index contributed by atoms with van der Waals surface area (Å²) in [7, 11) is 1.25. The van der Waals surface area contributed by atoms with Gasteiger partial charge in [0.15, 0.2) is 0 Å². The van der Waals surface area contributed by atoms with Crippen molar-refractivity contribution in [3.05, 3.63) is 89.7 Å². The molecule has 0 unspecified atom stereocenters. The minimum Gasteiger partial charge on any atom is -0.488 e. The second-order valence-electron chi connectivity index (χ2n) is 6.07. The van der Waals surface area contributed by atoms with Gasteiger partial charge in [-0.3, -0.25) is 0 Å². The van der Waals surface area contributed by atoms with Gasteiger partial charge in [-0.15, -0.1) is 0 Å². The molecule has 0 saturated carbocycles. The number of anilines is 2. The smallest absolute Gasteiger partial charge is 0.341 e. The Morgan fingerprint density at radius 2 is 1.66 bits per heavy atom. The van der Waals surface area contributed by atoms with Crippen molar-refractivity contribution in [3.63, 3.8) is 0 Å². The zero-order valence-electron chi connectivity index (χ0n) is 15.6. The summed E-state index contributed by atoms with van der Waals surface area (Å²) in [6, 6.07) is 19.1. The van der Waals surface area contributed by atoms with Crippen LogP contribution < -0.4 is 15.4 Å². The number of benzene rings is 3. The molecule has 0 heterocycles. The van der Waals surface area contributed by atoms with E-state index in [9.17, 15) is 14.0 Å². The van der Waals surface area contributed by atoms with Crippen molar-refractivity contribution < 1.29 is 23.5 Å². The molecule has 0 aliphatic carbocycles. The molecule has 0 spiro atoms. The number of ether oxygens (including phenoxy) is 2. The minimum absolute atomic E-state index is 0.0724. The number of halogens is 1. The summed E-state index contributed by atoms with van der Waals surface area (Å²) in [4.78, 5) is 24.3. The van der Waals surface area contributed by atoms with Crippen LogP contribution in [0.1, 0.15) is 15.9 Å². The molecule has 3 rings (SSSR count). The molecule has 29 heavy (non-hydrogen) atoms. The number of esters is 1. The van der Waals surface area contributed by atoms with E-state index in [-0.39, 0.29) is 23.7 Å². The summed E-state index contributed by atoms with van der Waals surface area (Å²) in [6.07, 6.45) is 0. The van der Waals surface area contributed by atoms with Gasteiger partial charge in [-0.25, -0.2) is 14.0 Å². The fraction of sp³-hybridized carbons (Fsp3) is 0.0909. The fourth-order valence-electron chi connectivity index (χ4n) is 2.61. The van der Waals surface area contributed by atoms with E-state index in [1.54, 1.807) is 48.5 Å². The van der Waals surface area contributed by atoms with Crippen molar-refractivity contribution >= 4 is 23.4 Å². The summed E-state index contributed by atoms with van der Waals surface area (Å²) >= 11 is 0. The van der Waals surface area contributed by atoms with Gasteiger partial charge in [0, 0.05) is 11.4 Å². The van der Waals surface area contributed by atoms with Crippen LogP contribution in [0.15, 0.2) is 72.8 Å². The van der Waals surface area contributed by atoms with Gasteiger partial charge in [-0.2, -0.15) is 0 Å². The van der Waals surface area contributed by atoms with Crippen LogP contribution in [-0.4, -0.2) is 19.1 Å². The maximum absolute atomic E-state index is 13.3. The zero-order valence-corrected chi connectivity index (χ0v) is 15.6. The molecule has 3 aromatic rings. The lowest BCUT2D eigenvalue weighted by Crippen LogP contribution is -2.19. The maximum atomic E-state index is 13.3. The topological polar surface area (TPSA) is 76.7 Å². The number of methoxy groups -OCH3 is 1. The predicted octanol–water partition coefficient (Wildman–Crippen LogP) is 4.84. The molecular weight excluding hydrogens is 375 g/mol. The first-order valence-electron chi connectivity index (χ1n) is 8.78. The molecule has 3 aromatic carbocycles. The van der Waals surface area contributed by atoms with Crippen molar-refractivity contribution in [2.75, 3.05) is 17.7 Å². The second-order valence-corrected chi connectivity index (χ2v) is 6.07. The molecular formula is C22H19FN2O4. The molecule has 0 atom stereocenters. The first-order chi connectivity index (χ1) is 14.0. The van der Waals surface area contributed by atoms with E-state index in [1.165, 1.54) is 25.3 Å². The lowest BCUT2D eigenvalue weighted by atomic mass is 10.1. The monoisotopic (exact) mass is 394 g/mol. The Labute approximate surface area is 167 Å². The molecule has 0 aromatic heterocycles. The molecule has 2 N–H and O–H groups in total. The van der Waals surface area contributed by atoms with E-state index >= 15 is 0 Å². The van der Waals surface area contributed by atoms with E-state index < -0.39 is 12.0 Å². The van der Waals surface area contributed by atoms with Crippen molar-refractivity contribution in [2.24, 2.45) is 0 Å². The van der Waals surface area contributed by atoms with Gasteiger partial charge < -0.3 is 20.1 Å². The van der Waals surface area contributed by atoms with Crippen LogP contribution in [-0.2, 0) is 11.3 Å². The maximum Gasteiger partial charge on any atom is 0.341 e. The van der Waals surface area contributed by atoms with Gasteiger partial charge in [0.25, 0.3) is 0 Å². The molecule has 2 amide bonds. The molecule has 6 nitrogen and oxygen atoms in total. The van der Waals surface area contributed by atoms with Crippen LogP contribution in [0.5, 0.6) is 5.75 Å². The number of para-hydroxylation sites is 1. The van der Waals surface area contributed by atoms with Gasteiger partial charge in [-0.1, -0.05) is 30.3 Å². The van der Waals surface area contributed by atoms with Crippen LogP contribution in [0.4, 0.5) is 20.6 Å². The highest BCUT2D eigenvalue weighted by Gasteiger charge is 2.15. The van der Waals surface area contributed by atoms with Gasteiger partial charge in [0.05, 0.1) is 7.11 Å². The Hall–Kier alpha value is -3.87. The van der Waals surface area contributed by atoms with Crippen molar-refractivity contribution in [2.45, 2.75) is 6.61 Å². The number of rotatable bonds is 6. The highest BCUT2D eigenvalue weighted by atomic mass is 19.1. The summed E-state index contributed by atoms with van der Waals surface area (Å²) in [6.45, 7) is 0.0724. The lowest BCUT2D eigenvalue weighted by molar-refractivity contribution is 0.0595. The van der Waals surface area contributed by atoms with Crippen LogP contribution in [0.25, 0.3) is 0 Å². The normalized spacial score (nSPS) is 10.1. The van der Waals surface area contributed by atoms with Crippen LogP contribution >= 0.6 is 0 Å². The third kappa shape index (κ3) is 5.55. The Bertz CT molecular complexity index is 1010. The standard InChI is InChI=1S/C22H19FN2O4/c1-28-21(26)19-13-18(25-22(27)24-17-8-3-2-4-9-17)10-11-20(19)29-14-15-6-5-7-16(23)12-15/h2-13H,14H2,1H3,(H2,24,25,27). The van der Waals surface area contributed by atoms with E-state index in [4.69, 9.17) is 9.47 Å². The molecule has 0 radical (unpaired) electrons. The highest BCUT2D eigenvalue weighted by Crippen LogP contribution is 2.25. The summed E-state index contributed by atoms with van der Waals surface area (Å²) in [5.41, 5.74) is 1.77. The zero-order chi connectivity index (χ0) is 20.6. The molecule has 148 valence electrons. The predicted molar refractivity (Wildman–Crippen MR) is 108 cm³/mol. The van der Waals surface area contributed by atoms with Crippen molar-refractivity contribution in [3.8, 4) is 5.75 Å². The molecule has 0 fully saturated rings. The van der Waals surface area contributed by atoms with Crippen LogP contribution in [0.2, 0.25) is 0 Å². The van der Waals surface area contributed by atoms with Gasteiger partial charge in [-0.05, 0) is 48.0 Å². The summed E-state index contributed by atoms with van der Waals surface area (Å²) in [5, 5.41) is 5.34. The van der Waals surface area contributed by atoms with Gasteiger partial charge in [0.1, 0.15) is 23.7 Å². The third-order valence-electron chi connectivity index (χ3n) is 3.96. The first-order valence-corrected chi connectivity index (χ1v) is 8.78. The third-order valence-corrected chi connectivity index (χ3v) is 3.96. The minimum atomic E-state index is -0.619. The Balaban J connectivity index is 1.73. The number of hydrogen-bond acceptors (Lipinski definition) is 4. The van der Waals surface area contributed by atoms with Gasteiger partial charge >= 0.3 is 12.0 Å². The summed E-state index contributed by atoms with van der Waals surface area (Å²) < 4.78 is 23.8. The number of hydrogen-bond donors (Lipinski definition) is 2. The number of carbonyl (C=O) groups is 2. The first kappa shape index (κ1) is 19.9. The van der Waals surface area contributed by atoms with E-state index in [0.717, 1.165) is 0 Å². The Morgan fingerprint density at radius 3 is 2.38 bits per heavy atom. The molecule has 0 aliphatic heterocycles. The Kier molecular flexibility index (Phi) is 6.42. The number of nitrogens with one attached hydrogen (secondary N) is 2. The number of carbonyl (C=O) groups excluding carboxylic acids is 2. The number of urea groups is 1. The molecule has 7 heteroatoms. The van der Waals surface area contributed by atoms with Gasteiger partial charge in [0.2, 0.25) is 0 Å². The van der Waals surface area contributed by atoms with Crippen molar-refractivity contribution in [1.29, 1.82) is 0 Å². The van der Waals surface area contributed by atoms with E-state index in [1.807, 2.05) is 6.07 Å². The average molecular weight is 394 g/mol. The van der Waals surface area contributed by atoms with Crippen molar-refractivity contribution in [1.82, 2.24) is 0 Å². The van der Waals surface area contributed by atoms with E-state index in [0.29, 0.717) is 16.9 Å². The molecule has 0 saturated heterocycles. The number of amides is 2. The SMILES string of the molecule is COC(=O)c1cc(NC(=O)Nc2ccccc2)ccc1OCc1cccc(F)c1. The Morgan fingerprint density at radius 1 is 0.897 bits per heavy atom. The summed E-state index contributed by atoms with van der Waals surface area (Å²) in [5.74, 6) is -0.732. The largest absolute Gasteiger partial charge is 0.488 e. The molecule has 0 aliphatic rings. The van der Waals surface area contributed by atoms with E-state index in [2.05, 4.69) is 10.6 Å². The van der Waals surface area contributed by atoms with Crippen LogP contribution in [0, 0.1) is 5.82 Å². The molecule has 0 bridgehead atoms. The lowest BCUT2D eigenvalue weighted by Gasteiger charge is -2.13.